The molecule has 0 unspecified atom stereocenters. The Morgan fingerprint density at radius 3 is 2.74 bits per heavy atom. The molecule has 5 heteroatoms. The van der Waals surface area contributed by atoms with Gasteiger partial charge in [-0.3, -0.25) is 4.98 Å². The van der Waals surface area contributed by atoms with Crippen LogP contribution < -0.4 is 14.8 Å². The van der Waals surface area contributed by atoms with Crippen LogP contribution in [-0.2, 0) is 6.54 Å². The highest BCUT2D eigenvalue weighted by molar-refractivity contribution is 6.33. The lowest BCUT2D eigenvalue weighted by atomic mass is 10.2. The average Bonchev–Trinajstić information content (AvgIpc) is 2.45. The summed E-state index contributed by atoms with van der Waals surface area (Å²) < 4.78 is 10.6. The lowest BCUT2D eigenvalue weighted by molar-refractivity contribution is 0.352. The Labute approximate surface area is 117 Å². The van der Waals surface area contributed by atoms with Crippen LogP contribution in [0.5, 0.6) is 11.5 Å². The van der Waals surface area contributed by atoms with Crippen LogP contribution in [-0.4, -0.2) is 19.2 Å². The second kappa shape index (κ2) is 6.29. The van der Waals surface area contributed by atoms with E-state index in [1.54, 1.807) is 32.7 Å². The van der Waals surface area contributed by atoms with Gasteiger partial charge in [0, 0.05) is 18.3 Å². The van der Waals surface area contributed by atoms with Crippen molar-refractivity contribution in [2.24, 2.45) is 0 Å². The van der Waals surface area contributed by atoms with Crippen LogP contribution in [0.2, 0.25) is 5.02 Å². The molecule has 0 saturated heterocycles. The molecular weight excluding hydrogens is 264 g/mol. The van der Waals surface area contributed by atoms with E-state index in [2.05, 4.69) is 10.3 Å². The van der Waals surface area contributed by atoms with Gasteiger partial charge in [-0.1, -0.05) is 23.7 Å². The van der Waals surface area contributed by atoms with Crippen LogP contribution >= 0.6 is 11.6 Å². The quantitative estimate of drug-likeness (QED) is 0.911. The van der Waals surface area contributed by atoms with Gasteiger partial charge in [-0.05, 0) is 12.1 Å². The van der Waals surface area contributed by atoms with Crippen LogP contribution in [0.15, 0.2) is 36.7 Å². The van der Waals surface area contributed by atoms with Crippen LogP contribution in [0.25, 0.3) is 0 Å². The number of benzene rings is 1. The second-order valence-corrected chi connectivity index (χ2v) is 4.27. The molecule has 0 aliphatic heterocycles. The van der Waals surface area contributed by atoms with Crippen molar-refractivity contribution < 1.29 is 9.47 Å². The van der Waals surface area contributed by atoms with E-state index >= 15 is 0 Å². The lowest BCUT2D eigenvalue weighted by Crippen LogP contribution is -2.03. The van der Waals surface area contributed by atoms with E-state index in [0.717, 1.165) is 17.0 Å². The van der Waals surface area contributed by atoms with Crippen LogP contribution in [0, 0.1) is 0 Å². The summed E-state index contributed by atoms with van der Waals surface area (Å²) in [6, 6.07) is 7.49. The SMILES string of the molecule is COc1cccc(CNc2cnccc2Cl)c1OC. The number of pyridine rings is 1. The van der Waals surface area contributed by atoms with Gasteiger partial charge in [0.2, 0.25) is 0 Å². The molecule has 1 aromatic heterocycles. The molecule has 0 spiro atoms. The Hall–Kier alpha value is -1.94. The zero-order valence-electron chi connectivity index (χ0n) is 10.8. The van der Waals surface area contributed by atoms with Gasteiger partial charge >= 0.3 is 0 Å². The van der Waals surface area contributed by atoms with Crippen molar-refractivity contribution in [1.82, 2.24) is 4.98 Å². The fourth-order valence-corrected chi connectivity index (χ4v) is 1.96. The van der Waals surface area contributed by atoms with Crippen molar-refractivity contribution in [3.8, 4) is 11.5 Å². The largest absolute Gasteiger partial charge is 0.493 e. The monoisotopic (exact) mass is 278 g/mol. The Kier molecular flexibility index (Phi) is 4.47. The molecule has 2 rings (SSSR count). The van der Waals surface area contributed by atoms with Crippen molar-refractivity contribution >= 4 is 17.3 Å². The average molecular weight is 279 g/mol. The van der Waals surface area contributed by atoms with Gasteiger partial charge in [-0.25, -0.2) is 0 Å². The Morgan fingerprint density at radius 1 is 1.21 bits per heavy atom. The number of hydrogen-bond acceptors (Lipinski definition) is 4. The van der Waals surface area contributed by atoms with Gasteiger partial charge in [-0.15, -0.1) is 0 Å². The lowest BCUT2D eigenvalue weighted by Gasteiger charge is -2.14. The van der Waals surface area contributed by atoms with E-state index in [-0.39, 0.29) is 0 Å². The van der Waals surface area contributed by atoms with Crippen molar-refractivity contribution in [2.75, 3.05) is 19.5 Å². The molecule has 19 heavy (non-hydrogen) atoms. The minimum absolute atomic E-state index is 0.575. The minimum Gasteiger partial charge on any atom is -0.493 e. The maximum atomic E-state index is 6.06. The molecule has 2 aromatic rings. The number of anilines is 1. The van der Waals surface area contributed by atoms with Crippen molar-refractivity contribution in [1.29, 1.82) is 0 Å². The molecule has 1 heterocycles. The third-order valence-corrected chi connectivity index (χ3v) is 3.05. The highest BCUT2D eigenvalue weighted by Gasteiger charge is 2.09. The van der Waals surface area contributed by atoms with E-state index < -0.39 is 0 Å². The van der Waals surface area contributed by atoms with E-state index in [4.69, 9.17) is 21.1 Å². The summed E-state index contributed by atoms with van der Waals surface area (Å²) in [7, 11) is 3.24. The smallest absolute Gasteiger partial charge is 0.165 e. The van der Waals surface area contributed by atoms with Gasteiger partial charge in [0.05, 0.1) is 31.1 Å². The Morgan fingerprint density at radius 2 is 2.05 bits per heavy atom. The Balaban J connectivity index is 2.18. The molecule has 0 aliphatic rings. The topological polar surface area (TPSA) is 43.4 Å². The fourth-order valence-electron chi connectivity index (χ4n) is 1.79. The highest BCUT2D eigenvalue weighted by Crippen LogP contribution is 2.31. The maximum Gasteiger partial charge on any atom is 0.165 e. The molecule has 0 atom stereocenters. The highest BCUT2D eigenvalue weighted by atomic mass is 35.5. The van der Waals surface area contributed by atoms with Crippen molar-refractivity contribution in [2.45, 2.75) is 6.54 Å². The third-order valence-electron chi connectivity index (χ3n) is 2.72. The molecule has 100 valence electrons. The predicted octanol–water partition coefficient (Wildman–Crippen LogP) is 3.36. The minimum atomic E-state index is 0.575. The molecule has 1 aromatic carbocycles. The zero-order chi connectivity index (χ0) is 13.7. The van der Waals surface area contributed by atoms with Crippen molar-refractivity contribution in [3.63, 3.8) is 0 Å². The predicted molar refractivity (Wildman–Crippen MR) is 76.1 cm³/mol. The first-order chi connectivity index (χ1) is 9.26. The molecule has 0 amide bonds. The summed E-state index contributed by atoms with van der Waals surface area (Å²) >= 11 is 6.06. The molecule has 4 nitrogen and oxygen atoms in total. The first-order valence-corrected chi connectivity index (χ1v) is 6.17. The molecule has 0 aliphatic carbocycles. The summed E-state index contributed by atoms with van der Waals surface area (Å²) in [5.74, 6) is 1.43. The molecule has 0 fully saturated rings. The van der Waals surface area contributed by atoms with E-state index in [1.807, 2.05) is 18.2 Å². The van der Waals surface area contributed by atoms with Gasteiger partial charge in [0.25, 0.3) is 0 Å². The first-order valence-electron chi connectivity index (χ1n) is 5.79. The number of halogens is 1. The van der Waals surface area contributed by atoms with Gasteiger partial charge in [-0.2, -0.15) is 0 Å². The second-order valence-electron chi connectivity index (χ2n) is 3.86. The van der Waals surface area contributed by atoms with Gasteiger partial charge in [0.1, 0.15) is 0 Å². The number of aromatic nitrogens is 1. The molecule has 0 radical (unpaired) electrons. The van der Waals surface area contributed by atoms with Crippen LogP contribution in [0.4, 0.5) is 5.69 Å². The maximum absolute atomic E-state index is 6.06. The standard InChI is InChI=1S/C14H15ClN2O2/c1-18-13-5-3-4-10(14(13)19-2)8-17-12-9-16-7-6-11(12)15/h3-7,9,17H,8H2,1-2H3. The number of nitrogens with zero attached hydrogens (tertiary/aromatic N) is 1. The number of rotatable bonds is 5. The summed E-state index contributed by atoms with van der Waals surface area (Å²) in [6.07, 6.45) is 3.34. The summed E-state index contributed by atoms with van der Waals surface area (Å²) in [6.45, 7) is 0.575. The molecule has 0 bridgehead atoms. The molecule has 0 saturated carbocycles. The number of ether oxygens (including phenoxy) is 2. The normalized spacial score (nSPS) is 10.1. The number of hydrogen-bond donors (Lipinski definition) is 1. The fraction of sp³-hybridized carbons (Fsp3) is 0.214. The van der Waals surface area contributed by atoms with Gasteiger partial charge in [0.15, 0.2) is 11.5 Å². The van der Waals surface area contributed by atoms with Crippen molar-refractivity contribution in [3.05, 3.63) is 47.2 Å². The van der Waals surface area contributed by atoms with Gasteiger partial charge < -0.3 is 14.8 Å². The number of nitrogens with one attached hydrogen (secondary N) is 1. The Bertz CT molecular complexity index is 561. The molecular formula is C14H15ClN2O2. The summed E-state index contributed by atoms with van der Waals surface area (Å²) in [5.41, 5.74) is 1.77. The molecule has 1 N–H and O–H groups in total. The van der Waals surface area contributed by atoms with E-state index in [0.29, 0.717) is 17.3 Å². The summed E-state index contributed by atoms with van der Waals surface area (Å²) in [5, 5.41) is 3.86. The number of para-hydroxylation sites is 1. The van der Waals surface area contributed by atoms with Crippen LogP contribution in [0.3, 0.4) is 0 Å². The number of methoxy groups -OCH3 is 2. The zero-order valence-corrected chi connectivity index (χ0v) is 11.6. The van der Waals surface area contributed by atoms with Crippen LogP contribution in [0.1, 0.15) is 5.56 Å². The first kappa shape index (κ1) is 13.5. The van der Waals surface area contributed by atoms with E-state index in [1.165, 1.54) is 0 Å². The van der Waals surface area contributed by atoms with E-state index in [9.17, 15) is 0 Å². The summed E-state index contributed by atoms with van der Waals surface area (Å²) in [4.78, 5) is 4.03. The third kappa shape index (κ3) is 3.09.